The maximum Gasteiger partial charge on any atom is 0.170 e. The molecule has 1 aliphatic carbocycles. The highest BCUT2D eigenvalue weighted by Gasteiger charge is 2.46. The average Bonchev–Trinajstić information content (AvgIpc) is 2.95. The van der Waals surface area contributed by atoms with Crippen molar-refractivity contribution in [2.75, 3.05) is 26.8 Å². The number of hydrogen-bond acceptors (Lipinski definition) is 4. The summed E-state index contributed by atoms with van der Waals surface area (Å²) in [5.41, 5.74) is 0. The standard InChI is InChI=1S/C17H34N2O2/c1-5-7-10-19(14(3)6-2)16-13-17(20-11-12-21-17)9-8-15(16)18-4/h14-16,18H,5-13H2,1-4H3. The normalized spacial score (nSPS) is 30.1. The number of likely N-dealkylation sites (N-methyl/N-ethyl adjacent to an activating group) is 1. The van der Waals surface area contributed by atoms with Crippen molar-refractivity contribution >= 4 is 0 Å². The Morgan fingerprint density at radius 1 is 1.29 bits per heavy atom. The van der Waals surface area contributed by atoms with E-state index in [-0.39, 0.29) is 5.79 Å². The van der Waals surface area contributed by atoms with Gasteiger partial charge in [0.2, 0.25) is 0 Å². The molecule has 1 aliphatic heterocycles. The summed E-state index contributed by atoms with van der Waals surface area (Å²) in [6, 6.07) is 1.69. The van der Waals surface area contributed by atoms with Crippen molar-refractivity contribution in [3.05, 3.63) is 0 Å². The van der Waals surface area contributed by atoms with Crippen molar-refractivity contribution in [2.45, 2.75) is 83.2 Å². The highest BCUT2D eigenvalue weighted by Crippen LogP contribution is 2.38. The molecule has 1 N–H and O–H groups in total. The SMILES string of the molecule is CCCCN(C(C)CC)C1CC2(CCC1NC)OCCO2. The highest BCUT2D eigenvalue weighted by atomic mass is 16.7. The predicted molar refractivity (Wildman–Crippen MR) is 86.5 cm³/mol. The van der Waals surface area contributed by atoms with E-state index in [0.29, 0.717) is 18.1 Å². The van der Waals surface area contributed by atoms with Gasteiger partial charge in [-0.1, -0.05) is 20.3 Å². The summed E-state index contributed by atoms with van der Waals surface area (Å²) in [5.74, 6) is -0.296. The second-order valence-electron chi connectivity index (χ2n) is 6.66. The number of rotatable bonds is 7. The van der Waals surface area contributed by atoms with Crippen LogP contribution in [0.2, 0.25) is 0 Å². The second-order valence-corrected chi connectivity index (χ2v) is 6.66. The monoisotopic (exact) mass is 298 g/mol. The minimum absolute atomic E-state index is 0.296. The summed E-state index contributed by atoms with van der Waals surface area (Å²) in [6.45, 7) is 9.63. The molecule has 2 aliphatic rings. The van der Waals surface area contributed by atoms with Gasteiger partial charge in [0.25, 0.3) is 0 Å². The van der Waals surface area contributed by atoms with Gasteiger partial charge >= 0.3 is 0 Å². The first kappa shape index (κ1) is 17.2. The van der Waals surface area contributed by atoms with E-state index in [1.165, 1.54) is 25.8 Å². The van der Waals surface area contributed by atoms with Crippen molar-refractivity contribution in [2.24, 2.45) is 0 Å². The molecule has 3 atom stereocenters. The molecule has 1 heterocycles. The molecule has 0 aromatic carbocycles. The van der Waals surface area contributed by atoms with Crippen LogP contribution in [0.1, 0.15) is 59.3 Å². The topological polar surface area (TPSA) is 33.7 Å². The molecule has 1 saturated heterocycles. The summed E-state index contributed by atoms with van der Waals surface area (Å²) in [4.78, 5) is 2.70. The fourth-order valence-corrected chi connectivity index (χ4v) is 3.86. The first-order valence-corrected chi connectivity index (χ1v) is 8.86. The van der Waals surface area contributed by atoms with Crippen LogP contribution in [0.3, 0.4) is 0 Å². The van der Waals surface area contributed by atoms with Gasteiger partial charge in [0.1, 0.15) is 0 Å². The molecule has 1 saturated carbocycles. The smallest absolute Gasteiger partial charge is 0.170 e. The maximum absolute atomic E-state index is 6.00. The van der Waals surface area contributed by atoms with Gasteiger partial charge in [-0.25, -0.2) is 0 Å². The third-order valence-corrected chi connectivity index (χ3v) is 5.36. The van der Waals surface area contributed by atoms with Crippen molar-refractivity contribution < 1.29 is 9.47 Å². The van der Waals surface area contributed by atoms with Gasteiger partial charge in [-0.3, -0.25) is 4.90 Å². The number of ether oxygens (including phenoxy) is 2. The first-order valence-electron chi connectivity index (χ1n) is 8.86. The fraction of sp³-hybridized carbons (Fsp3) is 1.00. The molecule has 3 unspecified atom stereocenters. The largest absolute Gasteiger partial charge is 0.347 e. The number of nitrogens with zero attached hydrogens (tertiary/aromatic N) is 1. The van der Waals surface area contributed by atoms with Crippen LogP contribution in [0.25, 0.3) is 0 Å². The molecule has 21 heavy (non-hydrogen) atoms. The van der Waals surface area contributed by atoms with Crippen LogP contribution in [0, 0.1) is 0 Å². The first-order chi connectivity index (χ1) is 10.2. The molecule has 0 radical (unpaired) electrons. The summed E-state index contributed by atoms with van der Waals surface area (Å²) < 4.78 is 12.0. The van der Waals surface area contributed by atoms with Gasteiger partial charge in [0, 0.05) is 31.0 Å². The van der Waals surface area contributed by atoms with E-state index in [1.807, 2.05) is 0 Å². The summed E-state index contributed by atoms with van der Waals surface area (Å²) >= 11 is 0. The fourth-order valence-electron chi connectivity index (χ4n) is 3.86. The zero-order valence-electron chi connectivity index (χ0n) is 14.4. The van der Waals surface area contributed by atoms with Crippen LogP contribution < -0.4 is 5.32 Å². The van der Waals surface area contributed by atoms with Crippen LogP contribution >= 0.6 is 0 Å². The molecule has 0 amide bonds. The van der Waals surface area contributed by atoms with Gasteiger partial charge in [0.15, 0.2) is 5.79 Å². The molecule has 0 aromatic heterocycles. The van der Waals surface area contributed by atoms with Gasteiger partial charge in [-0.2, -0.15) is 0 Å². The minimum Gasteiger partial charge on any atom is -0.347 e. The molecule has 4 heteroatoms. The van der Waals surface area contributed by atoms with Gasteiger partial charge in [0.05, 0.1) is 13.2 Å². The summed E-state index contributed by atoms with van der Waals surface area (Å²) in [5, 5.41) is 3.54. The Morgan fingerprint density at radius 3 is 2.57 bits per heavy atom. The van der Waals surface area contributed by atoms with Crippen LogP contribution in [0.5, 0.6) is 0 Å². The van der Waals surface area contributed by atoms with E-state index < -0.39 is 0 Å². The lowest BCUT2D eigenvalue weighted by Gasteiger charge is -2.47. The molecular formula is C17H34N2O2. The minimum atomic E-state index is -0.296. The molecule has 1 spiro atoms. The van der Waals surface area contributed by atoms with E-state index in [9.17, 15) is 0 Å². The lowest BCUT2D eigenvalue weighted by molar-refractivity contribution is -0.195. The van der Waals surface area contributed by atoms with Crippen LogP contribution in [0.4, 0.5) is 0 Å². The molecule has 124 valence electrons. The summed E-state index contributed by atoms with van der Waals surface area (Å²) in [7, 11) is 2.10. The zero-order chi connectivity index (χ0) is 15.3. The quantitative estimate of drug-likeness (QED) is 0.783. The van der Waals surface area contributed by atoms with Crippen LogP contribution in [-0.2, 0) is 9.47 Å². The molecule has 2 rings (SSSR count). The molecule has 2 fully saturated rings. The van der Waals surface area contributed by atoms with Crippen LogP contribution in [0.15, 0.2) is 0 Å². The Hall–Kier alpha value is -0.160. The number of unbranched alkanes of at least 4 members (excludes halogenated alkanes) is 1. The van der Waals surface area contributed by atoms with E-state index in [0.717, 1.165) is 32.5 Å². The highest BCUT2D eigenvalue weighted by molar-refractivity contribution is 4.97. The molecule has 0 bridgehead atoms. The number of nitrogens with one attached hydrogen (secondary N) is 1. The van der Waals surface area contributed by atoms with Gasteiger partial charge < -0.3 is 14.8 Å². The molecule has 4 nitrogen and oxygen atoms in total. The Morgan fingerprint density at radius 2 is 2.00 bits per heavy atom. The Bertz CT molecular complexity index is 305. The van der Waals surface area contributed by atoms with Crippen molar-refractivity contribution in [3.63, 3.8) is 0 Å². The van der Waals surface area contributed by atoms with E-state index >= 15 is 0 Å². The van der Waals surface area contributed by atoms with E-state index in [2.05, 4.69) is 38.0 Å². The number of hydrogen-bond donors (Lipinski definition) is 1. The Balaban J connectivity index is 2.12. The van der Waals surface area contributed by atoms with Gasteiger partial charge in [-0.05, 0) is 39.8 Å². The Labute approximate surface area is 130 Å². The van der Waals surface area contributed by atoms with Crippen LogP contribution in [-0.4, -0.2) is 55.6 Å². The zero-order valence-corrected chi connectivity index (χ0v) is 14.4. The lowest BCUT2D eigenvalue weighted by atomic mass is 9.83. The maximum atomic E-state index is 6.00. The van der Waals surface area contributed by atoms with Gasteiger partial charge in [-0.15, -0.1) is 0 Å². The van der Waals surface area contributed by atoms with E-state index in [4.69, 9.17) is 9.47 Å². The average molecular weight is 298 g/mol. The van der Waals surface area contributed by atoms with Crippen molar-refractivity contribution in [1.82, 2.24) is 10.2 Å². The van der Waals surface area contributed by atoms with E-state index in [1.54, 1.807) is 0 Å². The molecule has 0 aromatic rings. The predicted octanol–water partition coefficient (Wildman–Crippen LogP) is 2.77. The molecular weight excluding hydrogens is 264 g/mol. The summed E-state index contributed by atoms with van der Waals surface area (Å²) in [6.07, 6.45) is 6.89. The Kier molecular flexibility index (Phi) is 6.48. The second kappa shape index (κ2) is 7.91. The lowest BCUT2D eigenvalue weighted by Crippen LogP contribution is -2.59. The third kappa shape index (κ3) is 3.98. The van der Waals surface area contributed by atoms with Crippen molar-refractivity contribution in [3.8, 4) is 0 Å². The third-order valence-electron chi connectivity index (χ3n) is 5.36. The van der Waals surface area contributed by atoms with Crippen molar-refractivity contribution in [1.29, 1.82) is 0 Å².